The number of rotatable bonds is 1. The third kappa shape index (κ3) is 1.52. The van der Waals surface area contributed by atoms with Crippen molar-refractivity contribution in [3.63, 3.8) is 0 Å². The molecule has 0 aliphatic carbocycles. The summed E-state index contributed by atoms with van der Waals surface area (Å²) in [5, 5.41) is 9.49. The Bertz CT molecular complexity index is 301. The maximum absolute atomic E-state index is 12.8. The Morgan fingerprint density at radius 1 is 1.58 bits per heavy atom. The van der Waals surface area contributed by atoms with Gasteiger partial charge in [-0.1, -0.05) is 11.6 Å². The van der Waals surface area contributed by atoms with Crippen LogP contribution in [0.2, 0.25) is 5.02 Å². The van der Waals surface area contributed by atoms with Crippen molar-refractivity contribution in [3.8, 4) is 5.75 Å². The van der Waals surface area contributed by atoms with Gasteiger partial charge in [-0.05, 0) is 19.1 Å². The molecule has 66 valence electrons. The Hall–Kier alpha value is -0.800. The number of phenols is 1. The minimum absolute atomic E-state index is 0.247. The standard InChI is InChI=1S/C8H9ClFNO/c1-4(11)7-5(9)2-3-6(10)8(7)12/h2-4,12H,11H2,1H3/t4-/m1/s1. The molecule has 3 N–H and O–H groups in total. The summed E-state index contributed by atoms with van der Waals surface area (Å²) in [6.07, 6.45) is 0. The molecule has 1 aromatic rings. The Morgan fingerprint density at radius 2 is 2.17 bits per heavy atom. The molecule has 0 saturated heterocycles. The first kappa shape index (κ1) is 9.29. The summed E-state index contributed by atoms with van der Waals surface area (Å²) in [6.45, 7) is 1.63. The molecule has 0 bridgehead atoms. The molecule has 0 amide bonds. The molecule has 0 heterocycles. The third-order valence-electron chi connectivity index (χ3n) is 1.57. The maximum Gasteiger partial charge on any atom is 0.165 e. The average molecular weight is 190 g/mol. The first-order valence-electron chi connectivity index (χ1n) is 3.46. The van der Waals surface area contributed by atoms with Gasteiger partial charge in [-0.15, -0.1) is 0 Å². The molecule has 12 heavy (non-hydrogen) atoms. The van der Waals surface area contributed by atoms with Gasteiger partial charge in [0.1, 0.15) is 0 Å². The first-order valence-corrected chi connectivity index (χ1v) is 3.84. The SMILES string of the molecule is C[C@@H](N)c1c(Cl)ccc(F)c1O. The van der Waals surface area contributed by atoms with Gasteiger partial charge >= 0.3 is 0 Å². The summed E-state index contributed by atoms with van der Waals surface area (Å²) in [5.41, 5.74) is 5.72. The third-order valence-corrected chi connectivity index (χ3v) is 1.90. The van der Waals surface area contributed by atoms with Gasteiger partial charge < -0.3 is 10.8 Å². The van der Waals surface area contributed by atoms with Crippen molar-refractivity contribution < 1.29 is 9.50 Å². The molecule has 0 aliphatic heterocycles. The summed E-state index contributed by atoms with van der Waals surface area (Å²) in [4.78, 5) is 0. The number of aromatic hydroxyl groups is 1. The summed E-state index contributed by atoms with van der Waals surface area (Å²) in [6, 6.07) is 1.99. The van der Waals surface area contributed by atoms with Crippen LogP contribution >= 0.6 is 11.6 Å². The first-order chi connectivity index (χ1) is 5.54. The quantitative estimate of drug-likeness (QED) is 0.712. The zero-order chi connectivity index (χ0) is 9.30. The lowest BCUT2D eigenvalue weighted by molar-refractivity contribution is 0.422. The zero-order valence-electron chi connectivity index (χ0n) is 6.51. The normalized spacial score (nSPS) is 13.0. The largest absolute Gasteiger partial charge is 0.505 e. The summed E-state index contributed by atoms with van der Waals surface area (Å²) < 4.78 is 12.8. The highest BCUT2D eigenvalue weighted by molar-refractivity contribution is 6.31. The number of phenolic OH excluding ortho intramolecular Hbond substituents is 1. The lowest BCUT2D eigenvalue weighted by atomic mass is 10.1. The van der Waals surface area contributed by atoms with E-state index in [1.165, 1.54) is 6.07 Å². The van der Waals surface area contributed by atoms with E-state index in [1.807, 2.05) is 0 Å². The Labute approximate surface area is 74.8 Å². The minimum atomic E-state index is -0.702. The Kier molecular flexibility index (Phi) is 2.55. The second-order valence-electron chi connectivity index (χ2n) is 2.58. The number of benzene rings is 1. The molecule has 2 nitrogen and oxygen atoms in total. The molecule has 0 aliphatic rings. The van der Waals surface area contributed by atoms with Crippen molar-refractivity contribution in [2.45, 2.75) is 13.0 Å². The predicted octanol–water partition coefficient (Wildman–Crippen LogP) is 2.20. The van der Waals surface area contributed by atoms with Crippen molar-refractivity contribution >= 4 is 11.6 Å². The fraction of sp³-hybridized carbons (Fsp3) is 0.250. The Balaban J connectivity index is 3.33. The van der Waals surface area contributed by atoms with Gasteiger partial charge in [-0.3, -0.25) is 0 Å². The molecule has 0 fully saturated rings. The molecule has 0 saturated carbocycles. The smallest absolute Gasteiger partial charge is 0.165 e. The van der Waals surface area contributed by atoms with E-state index in [0.29, 0.717) is 0 Å². The van der Waals surface area contributed by atoms with Crippen molar-refractivity contribution in [3.05, 3.63) is 28.5 Å². The van der Waals surface area contributed by atoms with Gasteiger partial charge in [0, 0.05) is 16.6 Å². The molecule has 1 aromatic carbocycles. The predicted molar refractivity (Wildman–Crippen MR) is 45.7 cm³/mol. The van der Waals surface area contributed by atoms with E-state index in [0.717, 1.165) is 6.07 Å². The van der Waals surface area contributed by atoms with Crippen LogP contribution in [0.25, 0.3) is 0 Å². The van der Waals surface area contributed by atoms with Gasteiger partial charge in [0.15, 0.2) is 11.6 Å². The van der Waals surface area contributed by atoms with Crippen LogP contribution in [-0.4, -0.2) is 5.11 Å². The highest BCUT2D eigenvalue weighted by Gasteiger charge is 2.14. The van der Waals surface area contributed by atoms with Crippen LogP contribution in [0.3, 0.4) is 0 Å². The summed E-state index contributed by atoms with van der Waals surface area (Å²) >= 11 is 5.69. The van der Waals surface area contributed by atoms with Crippen molar-refractivity contribution in [1.29, 1.82) is 0 Å². The molecule has 0 unspecified atom stereocenters. The highest BCUT2D eigenvalue weighted by Crippen LogP contribution is 2.32. The van der Waals surface area contributed by atoms with Crippen LogP contribution in [0.5, 0.6) is 5.75 Å². The molecule has 0 aromatic heterocycles. The molecule has 1 rings (SSSR count). The molecular weight excluding hydrogens is 181 g/mol. The Morgan fingerprint density at radius 3 is 2.58 bits per heavy atom. The lowest BCUT2D eigenvalue weighted by Crippen LogP contribution is -2.06. The van der Waals surface area contributed by atoms with E-state index in [9.17, 15) is 9.50 Å². The van der Waals surface area contributed by atoms with E-state index in [-0.39, 0.29) is 10.6 Å². The minimum Gasteiger partial charge on any atom is -0.505 e. The van der Waals surface area contributed by atoms with Gasteiger partial charge in [-0.2, -0.15) is 0 Å². The molecule has 1 atom stereocenters. The number of nitrogens with two attached hydrogens (primary N) is 1. The van der Waals surface area contributed by atoms with Crippen LogP contribution in [0, 0.1) is 5.82 Å². The fourth-order valence-electron chi connectivity index (χ4n) is 0.990. The van der Waals surface area contributed by atoms with Crippen LogP contribution in [0.4, 0.5) is 4.39 Å². The topological polar surface area (TPSA) is 46.2 Å². The van der Waals surface area contributed by atoms with Crippen molar-refractivity contribution in [2.24, 2.45) is 5.73 Å². The fourth-order valence-corrected chi connectivity index (χ4v) is 1.31. The van der Waals surface area contributed by atoms with Gasteiger partial charge in [0.05, 0.1) is 0 Å². The van der Waals surface area contributed by atoms with E-state index < -0.39 is 17.6 Å². The molecule has 4 heteroatoms. The van der Waals surface area contributed by atoms with Gasteiger partial charge in [0.2, 0.25) is 0 Å². The molecule has 0 radical (unpaired) electrons. The molecular formula is C8H9ClFNO. The van der Waals surface area contributed by atoms with Gasteiger partial charge in [0.25, 0.3) is 0 Å². The average Bonchev–Trinajstić information content (AvgIpc) is 1.97. The van der Waals surface area contributed by atoms with Crippen molar-refractivity contribution in [1.82, 2.24) is 0 Å². The van der Waals surface area contributed by atoms with Crippen LogP contribution < -0.4 is 5.73 Å². The van der Waals surface area contributed by atoms with Crippen LogP contribution in [-0.2, 0) is 0 Å². The summed E-state index contributed by atoms with van der Waals surface area (Å²) in [7, 11) is 0. The van der Waals surface area contributed by atoms with E-state index in [2.05, 4.69) is 0 Å². The highest BCUT2D eigenvalue weighted by atomic mass is 35.5. The monoisotopic (exact) mass is 189 g/mol. The second kappa shape index (κ2) is 3.29. The number of halogens is 2. The van der Waals surface area contributed by atoms with Crippen LogP contribution in [0.15, 0.2) is 12.1 Å². The van der Waals surface area contributed by atoms with E-state index in [4.69, 9.17) is 17.3 Å². The van der Waals surface area contributed by atoms with Crippen LogP contribution in [0.1, 0.15) is 18.5 Å². The lowest BCUT2D eigenvalue weighted by Gasteiger charge is -2.10. The van der Waals surface area contributed by atoms with Crippen molar-refractivity contribution in [2.75, 3.05) is 0 Å². The van der Waals surface area contributed by atoms with Gasteiger partial charge in [-0.25, -0.2) is 4.39 Å². The molecule has 0 spiro atoms. The number of hydrogen-bond donors (Lipinski definition) is 2. The summed E-state index contributed by atoms with van der Waals surface area (Å²) in [5.74, 6) is -1.16. The maximum atomic E-state index is 12.8. The van der Waals surface area contributed by atoms with E-state index in [1.54, 1.807) is 6.92 Å². The number of hydrogen-bond acceptors (Lipinski definition) is 2. The zero-order valence-corrected chi connectivity index (χ0v) is 7.27. The van der Waals surface area contributed by atoms with E-state index >= 15 is 0 Å². The second-order valence-corrected chi connectivity index (χ2v) is 2.99.